The van der Waals surface area contributed by atoms with Crippen LogP contribution in [0.4, 0.5) is 0 Å². The average molecular weight is 507 g/mol. The Kier molecular flexibility index (Phi) is 11.5. The number of ether oxygens (including phenoxy) is 2. The van der Waals surface area contributed by atoms with Gasteiger partial charge in [0.15, 0.2) is 5.96 Å². The molecule has 27 heavy (non-hydrogen) atoms. The zero-order valence-electron chi connectivity index (χ0n) is 17.0. The molecule has 2 N–H and O–H groups in total. The molecule has 1 aliphatic rings. The first-order valence-electron chi connectivity index (χ1n) is 9.41. The van der Waals surface area contributed by atoms with Crippen molar-refractivity contribution < 1.29 is 9.47 Å². The highest BCUT2D eigenvalue weighted by atomic mass is 127. The third-order valence-corrected chi connectivity index (χ3v) is 6.23. The van der Waals surface area contributed by atoms with E-state index in [1.807, 2.05) is 17.8 Å². The standard InChI is InChI=1S/C20H33N3O2S.HI/c1-5-21-19(23-15-20(26-4)9-12-25-13-10-20)22-11-8-17-14-16(2)6-7-18(17)24-3;/h6-7,14H,5,8-13,15H2,1-4H3,(H2,21,22,23);1H. The SMILES string of the molecule is CCNC(=NCC1(SC)CCOCC1)NCCc1cc(C)ccc1OC.I. The fourth-order valence-electron chi connectivity index (χ4n) is 3.15. The average Bonchev–Trinajstić information content (AvgIpc) is 2.67. The molecule has 0 aromatic heterocycles. The first-order chi connectivity index (χ1) is 12.6. The van der Waals surface area contributed by atoms with Crippen LogP contribution in [-0.2, 0) is 11.2 Å². The van der Waals surface area contributed by atoms with E-state index in [-0.39, 0.29) is 28.7 Å². The van der Waals surface area contributed by atoms with Crippen molar-refractivity contribution >= 4 is 41.7 Å². The predicted octanol–water partition coefficient (Wildman–Crippen LogP) is 3.63. The minimum absolute atomic E-state index is 0. The molecule has 1 aliphatic heterocycles. The van der Waals surface area contributed by atoms with Gasteiger partial charge >= 0.3 is 0 Å². The highest BCUT2D eigenvalue weighted by molar-refractivity contribution is 14.0. The lowest BCUT2D eigenvalue weighted by Crippen LogP contribution is -2.41. The fraction of sp³-hybridized carbons (Fsp3) is 0.650. The topological polar surface area (TPSA) is 54.9 Å². The van der Waals surface area contributed by atoms with E-state index >= 15 is 0 Å². The van der Waals surface area contributed by atoms with Gasteiger partial charge in [0.25, 0.3) is 0 Å². The van der Waals surface area contributed by atoms with Gasteiger partial charge in [-0.1, -0.05) is 17.7 Å². The second kappa shape index (κ2) is 12.7. The molecule has 154 valence electrons. The summed E-state index contributed by atoms with van der Waals surface area (Å²) in [6.07, 6.45) is 5.22. The lowest BCUT2D eigenvalue weighted by atomic mass is 9.99. The van der Waals surface area contributed by atoms with E-state index < -0.39 is 0 Å². The summed E-state index contributed by atoms with van der Waals surface area (Å²) in [5.74, 6) is 1.84. The zero-order chi connectivity index (χ0) is 18.8. The molecule has 7 heteroatoms. The van der Waals surface area contributed by atoms with Gasteiger partial charge < -0.3 is 20.1 Å². The third-order valence-electron chi connectivity index (χ3n) is 4.83. The summed E-state index contributed by atoms with van der Waals surface area (Å²) in [5, 5.41) is 6.82. The van der Waals surface area contributed by atoms with Crippen LogP contribution in [0.5, 0.6) is 5.75 Å². The van der Waals surface area contributed by atoms with E-state index in [1.54, 1.807) is 7.11 Å². The van der Waals surface area contributed by atoms with Crippen LogP contribution < -0.4 is 15.4 Å². The zero-order valence-corrected chi connectivity index (χ0v) is 20.1. The Hall–Kier alpha value is -0.670. The first-order valence-corrected chi connectivity index (χ1v) is 10.6. The van der Waals surface area contributed by atoms with E-state index in [1.165, 1.54) is 11.1 Å². The number of aliphatic imine (C=N–C) groups is 1. The molecule has 1 fully saturated rings. The number of hydrogen-bond acceptors (Lipinski definition) is 4. The van der Waals surface area contributed by atoms with Crippen molar-refractivity contribution in [3.05, 3.63) is 29.3 Å². The van der Waals surface area contributed by atoms with Gasteiger partial charge in [0.1, 0.15) is 5.75 Å². The summed E-state index contributed by atoms with van der Waals surface area (Å²) in [6.45, 7) is 8.38. The van der Waals surface area contributed by atoms with Crippen LogP contribution >= 0.6 is 35.7 Å². The lowest BCUT2D eigenvalue weighted by Gasteiger charge is -2.34. The van der Waals surface area contributed by atoms with Gasteiger partial charge in [-0.15, -0.1) is 24.0 Å². The maximum atomic E-state index is 5.52. The highest BCUT2D eigenvalue weighted by Crippen LogP contribution is 2.33. The van der Waals surface area contributed by atoms with Crippen molar-refractivity contribution in [1.82, 2.24) is 10.6 Å². The van der Waals surface area contributed by atoms with Gasteiger partial charge in [0, 0.05) is 31.1 Å². The minimum atomic E-state index is 0. The number of nitrogens with one attached hydrogen (secondary N) is 2. The molecule has 0 unspecified atom stereocenters. The molecular weight excluding hydrogens is 473 g/mol. The Morgan fingerprint density at radius 1 is 1.30 bits per heavy atom. The van der Waals surface area contributed by atoms with E-state index in [4.69, 9.17) is 14.5 Å². The Labute approximate surface area is 185 Å². The molecule has 0 saturated carbocycles. The number of rotatable bonds is 8. The molecule has 0 atom stereocenters. The Bertz CT molecular complexity index is 593. The highest BCUT2D eigenvalue weighted by Gasteiger charge is 2.31. The number of methoxy groups -OCH3 is 1. The molecule has 0 radical (unpaired) electrons. The van der Waals surface area contributed by atoms with Gasteiger partial charge in [0.05, 0.1) is 13.7 Å². The molecule has 1 heterocycles. The van der Waals surface area contributed by atoms with Crippen LogP contribution in [0.3, 0.4) is 0 Å². The molecule has 0 bridgehead atoms. The molecule has 2 rings (SSSR count). The van der Waals surface area contributed by atoms with Gasteiger partial charge in [-0.25, -0.2) is 0 Å². The number of hydrogen-bond donors (Lipinski definition) is 2. The second-order valence-corrected chi connectivity index (χ2v) is 7.96. The Morgan fingerprint density at radius 2 is 2.04 bits per heavy atom. The second-order valence-electron chi connectivity index (χ2n) is 6.69. The predicted molar refractivity (Wildman–Crippen MR) is 127 cm³/mol. The van der Waals surface area contributed by atoms with Crippen molar-refractivity contribution in [2.24, 2.45) is 4.99 Å². The van der Waals surface area contributed by atoms with Gasteiger partial charge in [-0.2, -0.15) is 11.8 Å². The van der Waals surface area contributed by atoms with Gasteiger partial charge in [0.2, 0.25) is 0 Å². The first kappa shape index (κ1) is 24.4. The largest absolute Gasteiger partial charge is 0.496 e. The number of aryl methyl sites for hydroxylation is 1. The van der Waals surface area contributed by atoms with Crippen molar-refractivity contribution in [2.75, 3.05) is 46.2 Å². The summed E-state index contributed by atoms with van der Waals surface area (Å²) in [4.78, 5) is 4.86. The van der Waals surface area contributed by atoms with Crippen molar-refractivity contribution in [3.8, 4) is 5.75 Å². The number of benzene rings is 1. The van der Waals surface area contributed by atoms with E-state index in [9.17, 15) is 0 Å². The summed E-state index contributed by atoms with van der Waals surface area (Å²) in [7, 11) is 1.73. The fourth-order valence-corrected chi connectivity index (χ4v) is 3.92. The van der Waals surface area contributed by atoms with E-state index in [2.05, 4.69) is 42.9 Å². The maximum absolute atomic E-state index is 5.52. The molecule has 0 spiro atoms. The molecular formula is C20H34IN3O2S. The molecule has 1 aromatic carbocycles. The molecule has 1 saturated heterocycles. The van der Waals surface area contributed by atoms with Crippen LogP contribution in [0, 0.1) is 6.92 Å². The molecule has 1 aromatic rings. The normalized spacial score (nSPS) is 16.4. The van der Waals surface area contributed by atoms with Gasteiger partial charge in [-0.05, 0) is 51.0 Å². The van der Waals surface area contributed by atoms with Crippen LogP contribution in [0.2, 0.25) is 0 Å². The third kappa shape index (κ3) is 7.69. The van der Waals surface area contributed by atoms with E-state index in [0.29, 0.717) is 0 Å². The lowest BCUT2D eigenvalue weighted by molar-refractivity contribution is 0.0794. The van der Waals surface area contributed by atoms with E-state index in [0.717, 1.165) is 63.8 Å². The van der Waals surface area contributed by atoms with Gasteiger partial charge in [-0.3, -0.25) is 4.99 Å². The monoisotopic (exact) mass is 507 g/mol. The number of thioether (sulfide) groups is 1. The quantitative estimate of drug-likeness (QED) is 0.320. The summed E-state index contributed by atoms with van der Waals surface area (Å²) >= 11 is 1.92. The van der Waals surface area contributed by atoms with Crippen LogP contribution in [-0.4, -0.2) is 56.9 Å². The van der Waals surface area contributed by atoms with Crippen molar-refractivity contribution in [1.29, 1.82) is 0 Å². The van der Waals surface area contributed by atoms with Crippen LogP contribution in [0.15, 0.2) is 23.2 Å². The molecule has 0 aliphatic carbocycles. The Balaban J connectivity index is 0.00000364. The van der Waals surface area contributed by atoms with Crippen LogP contribution in [0.1, 0.15) is 30.9 Å². The smallest absolute Gasteiger partial charge is 0.191 e. The molecule has 0 amide bonds. The van der Waals surface area contributed by atoms with Crippen LogP contribution in [0.25, 0.3) is 0 Å². The summed E-state index contributed by atoms with van der Waals surface area (Å²) in [5.41, 5.74) is 2.48. The minimum Gasteiger partial charge on any atom is -0.496 e. The van der Waals surface area contributed by atoms with Crippen molar-refractivity contribution in [2.45, 2.75) is 37.9 Å². The number of guanidine groups is 1. The maximum Gasteiger partial charge on any atom is 0.191 e. The molecule has 5 nitrogen and oxygen atoms in total. The summed E-state index contributed by atoms with van der Waals surface area (Å²) in [6, 6.07) is 6.31. The number of nitrogens with zero attached hydrogens (tertiary/aromatic N) is 1. The van der Waals surface area contributed by atoms with Crippen molar-refractivity contribution in [3.63, 3.8) is 0 Å². The summed E-state index contributed by atoms with van der Waals surface area (Å²) < 4.78 is 11.2. The Morgan fingerprint density at radius 3 is 2.67 bits per heavy atom. The number of halogens is 1.